The summed E-state index contributed by atoms with van der Waals surface area (Å²) in [4.78, 5) is 16.2. The number of benzene rings is 2. The maximum absolute atomic E-state index is 12.7. The number of carbonyl (C=O) groups excluding carboxylic acids is 1. The Labute approximate surface area is 181 Å². The van der Waals surface area contributed by atoms with E-state index in [0.29, 0.717) is 5.75 Å². The fourth-order valence-corrected chi connectivity index (χ4v) is 4.66. The van der Waals surface area contributed by atoms with Crippen molar-refractivity contribution >= 4 is 17.7 Å². The van der Waals surface area contributed by atoms with Gasteiger partial charge in [0.15, 0.2) is 11.0 Å². The number of hydrogen-bond donors (Lipinski definition) is 1. The van der Waals surface area contributed by atoms with E-state index in [1.54, 1.807) is 0 Å². The quantitative estimate of drug-likeness (QED) is 0.616. The second-order valence-electron chi connectivity index (χ2n) is 7.76. The molecule has 156 valence electrons. The number of aromatic nitrogens is 3. The zero-order chi connectivity index (χ0) is 20.9. The molecule has 0 unspecified atom stereocenters. The first-order chi connectivity index (χ1) is 14.6. The molecule has 4 rings (SSSR count). The summed E-state index contributed by atoms with van der Waals surface area (Å²) in [6.07, 6.45) is 0. The van der Waals surface area contributed by atoms with Gasteiger partial charge >= 0.3 is 0 Å². The van der Waals surface area contributed by atoms with Crippen LogP contribution in [0.25, 0.3) is 11.4 Å². The molecule has 1 aromatic heterocycles. The van der Waals surface area contributed by atoms with E-state index in [4.69, 9.17) is 0 Å². The average Bonchev–Trinajstić information content (AvgIpc) is 3.14. The number of amides is 1. The van der Waals surface area contributed by atoms with Crippen LogP contribution in [-0.4, -0.2) is 57.5 Å². The molecule has 0 spiro atoms. The number of quaternary nitrogens is 1. The van der Waals surface area contributed by atoms with Crippen LogP contribution in [0.5, 0.6) is 0 Å². The highest BCUT2D eigenvalue weighted by Gasteiger charge is 2.24. The van der Waals surface area contributed by atoms with Crippen molar-refractivity contribution < 1.29 is 9.69 Å². The summed E-state index contributed by atoms with van der Waals surface area (Å²) in [6.45, 7) is 6.71. The van der Waals surface area contributed by atoms with Crippen LogP contribution in [0.15, 0.2) is 59.8 Å². The van der Waals surface area contributed by atoms with Gasteiger partial charge in [-0.05, 0) is 12.5 Å². The van der Waals surface area contributed by atoms with Gasteiger partial charge in [0.1, 0.15) is 6.54 Å². The Bertz CT molecular complexity index is 996. The average molecular weight is 423 g/mol. The fraction of sp³-hybridized carbons (Fsp3) is 0.348. The standard InChI is InChI=1S/C23H27N5OS/c1-18-8-6-7-11-20(18)22-24-25-23(26(22)2)30-17-21(29)28-14-12-27(13-15-28)16-19-9-4-3-5-10-19/h3-11H,12-17H2,1-2H3/p+1. The highest BCUT2D eigenvalue weighted by atomic mass is 32.2. The Hall–Kier alpha value is -2.64. The number of thioether (sulfide) groups is 1. The summed E-state index contributed by atoms with van der Waals surface area (Å²) in [7, 11) is 1.96. The molecule has 1 saturated heterocycles. The topological polar surface area (TPSA) is 55.5 Å². The molecule has 3 aromatic rings. The van der Waals surface area contributed by atoms with E-state index in [1.165, 1.54) is 22.2 Å². The van der Waals surface area contributed by atoms with Gasteiger partial charge in [-0.3, -0.25) is 4.79 Å². The van der Waals surface area contributed by atoms with E-state index in [0.717, 1.165) is 54.8 Å². The Balaban J connectivity index is 1.29. The molecule has 2 aromatic carbocycles. The molecular formula is C23H28N5OS+. The van der Waals surface area contributed by atoms with Gasteiger partial charge in [-0.1, -0.05) is 66.4 Å². The van der Waals surface area contributed by atoms with E-state index in [9.17, 15) is 4.79 Å². The van der Waals surface area contributed by atoms with E-state index in [1.807, 2.05) is 34.7 Å². The lowest BCUT2D eigenvalue weighted by Crippen LogP contribution is -3.13. The van der Waals surface area contributed by atoms with Crippen LogP contribution in [0, 0.1) is 6.92 Å². The lowest BCUT2D eigenvalue weighted by molar-refractivity contribution is -0.917. The van der Waals surface area contributed by atoms with Gasteiger partial charge in [-0.25, -0.2) is 0 Å². The fourth-order valence-electron chi connectivity index (χ4n) is 3.85. The van der Waals surface area contributed by atoms with Gasteiger partial charge in [0.05, 0.1) is 31.9 Å². The van der Waals surface area contributed by atoms with Gasteiger partial charge in [0, 0.05) is 18.2 Å². The molecule has 0 aliphatic carbocycles. The molecule has 1 aliphatic rings. The van der Waals surface area contributed by atoms with Crippen LogP contribution in [0.1, 0.15) is 11.1 Å². The second kappa shape index (κ2) is 9.45. The van der Waals surface area contributed by atoms with Crippen molar-refractivity contribution in [1.82, 2.24) is 19.7 Å². The highest BCUT2D eigenvalue weighted by molar-refractivity contribution is 7.99. The third-order valence-corrected chi connectivity index (χ3v) is 6.67. The number of piperazine rings is 1. The molecule has 0 bridgehead atoms. The van der Waals surface area contributed by atoms with Crippen molar-refractivity contribution in [1.29, 1.82) is 0 Å². The van der Waals surface area contributed by atoms with Gasteiger partial charge in [0.25, 0.3) is 0 Å². The van der Waals surface area contributed by atoms with Crippen LogP contribution in [0.2, 0.25) is 0 Å². The van der Waals surface area contributed by atoms with Crippen LogP contribution < -0.4 is 4.90 Å². The number of rotatable bonds is 6. The van der Waals surface area contributed by atoms with Crippen LogP contribution in [0.3, 0.4) is 0 Å². The molecule has 1 N–H and O–H groups in total. The minimum Gasteiger partial charge on any atom is -0.331 e. The first-order valence-corrected chi connectivity index (χ1v) is 11.3. The third-order valence-electron chi connectivity index (χ3n) is 5.67. The maximum Gasteiger partial charge on any atom is 0.233 e. The number of nitrogens with zero attached hydrogens (tertiary/aromatic N) is 4. The summed E-state index contributed by atoms with van der Waals surface area (Å²) in [5.74, 6) is 1.41. The smallest absolute Gasteiger partial charge is 0.233 e. The van der Waals surface area contributed by atoms with Gasteiger partial charge in [-0.15, -0.1) is 10.2 Å². The summed E-state index contributed by atoms with van der Waals surface area (Å²) in [6, 6.07) is 18.7. The lowest BCUT2D eigenvalue weighted by Gasteiger charge is -2.32. The molecular weight excluding hydrogens is 394 g/mol. The lowest BCUT2D eigenvalue weighted by atomic mass is 10.1. The molecule has 0 atom stereocenters. The Kier molecular flexibility index (Phi) is 6.50. The normalized spacial score (nSPS) is 14.8. The monoisotopic (exact) mass is 422 g/mol. The minimum absolute atomic E-state index is 0.180. The Morgan fingerprint density at radius 2 is 1.73 bits per heavy atom. The van der Waals surface area contributed by atoms with Gasteiger partial charge in [0.2, 0.25) is 5.91 Å². The van der Waals surface area contributed by atoms with Crippen molar-refractivity contribution in [3.63, 3.8) is 0 Å². The molecule has 30 heavy (non-hydrogen) atoms. The molecule has 0 radical (unpaired) electrons. The minimum atomic E-state index is 0.180. The molecule has 2 heterocycles. The molecule has 1 amide bonds. The van der Waals surface area contributed by atoms with Gasteiger partial charge < -0.3 is 14.4 Å². The van der Waals surface area contributed by atoms with Crippen molar-refractivity contribution in [2.75, 3.05) is 31.9 Å². The Morgan fingerprint density at radius 3 is 2.47 bits per heavy atom. The first-order valence-electron chi connectivity index (χ1n) is 10.4. The number of aryl methyl sites for hydroxylation is 1. The third kappa shape index (κ3) is 4.74. The number of carbonyl (C=O) groups is 1. The van der Waals surface area contributed by atoms with Crippen molar-refractivity contribution in [3.05, 3.63) is 65.7 Å². The van der Waals surface area contributed by atoms with Crippen molar-refractivity contribution in [2.24, 2.45) is 7.05 Å². The SMILES string of the molecule is Cc1ccccc1-c1nnc(SCC(=O)N2CC[NH+](Cc3ccccc3)CC2)n1C. The largest absolute Gasteiger partial charge is 0.331 e. The molecule has 1 fully saturated rings. The van der Waals surface area contributed by atoms with E-state index in [2.05, 4.69) is 53.5 Å². The Morgan fingerprint density at radius 1 is 1.03 bits per heavy atom. The number of nitrogens with one attached hydrogen (secondary N) is 1. The van der Waals surface area contributed by atoms with Gasteiger partial charge in [-0.2, -0.15) is 0 Å². The molecule has 7 heteroatoms. The van der Waals surface area contributed by atoms with E-state index in [-0.39, 0.29) is 5.91 Å². The van der Waals surface area contributed by atoms with Crippen molar-refractivity contribution in [2.45, 2.75) is 18.6 Å². The predicted molar refractivity (Wildman–Crippen MR) is 119 cm³/mol. The molecule has 1 aliphatic heterocycles. The van der Waals surface area contributed by atoms with Crippen LogP contribution in [0.4, 0.5) is 0 Å². The van der Waals surface area contributed by atoms with Crippen LogP contribution in [-0.2, 0) is 18.4 Å². The zero-order valence-electron chi connectivity index (χ0n) is 17.5. The van der Waals surface area contributed by atoms with E-state index >= 15 is 0 Å². The van der Waals surface area contributed by atoms with E-state index < -0.39 is 0 Å². The summed E-state index contributed by atoms with van der Waals surface area (Å²) in [5.41, 5.74) is 3.59. The summed E-state index contributed by atoms with van der Waals surface area (Å²) >= 11 is 1.46. The van der Waals surface area contributed by atoms with Crippen LogP contribution >= 0.6 is 11.8 Å². The van der Waals surface area contributed by atoms with Crippen molar-refractivity contribution in [3.8, 4) is 11.4 Å². The molecule has 0 saturated carbocycles. The summed E-state index contributed by atoms with van der Waals surface area (Å²) in [5, 5.41) is 9.43. The first kappa shape index (κ1) is 20.6. The zero-order valence-corrected chi connectivity index (χ0v) is 18.4. The summed E-state index contributed by atoms with van der Waals surface area (Å²) < 4.78 is 1.97. The number of hydrogen-bond acceptors (Lipinski definition) is 4. The predicted octanol–water partition coefficient (Wildman–Crippen LogP) is 1.81. The highest BCUT2D eigenvalue weighted by Crippen LogP contribution is 2.25. The molecule has 6 nitrogen and oxygen atoms in total. The maximum atomic E-state index is 12.7. The second-order valence-corrected chi connectivity index (χ2v) is 8.70.